The fraction of sp³-hybridized carbons (Fsp3) is 0.214. The molecule has 0 saturated carbocycles. The van der Waals surface area contributed by atoms with E-state index >= 15 is 0 Å². The van der Waals surface area contributed by atoms with Crippen LogP contribution < -0.4 is 15.8 Å². The third kappa shape index (κ3) is 4.34. The summed E-state index contributed by atoms with van der Waals surface area (Å²) in [5.41, 5.74) is 5.45. The molecule has 1 heterocycles. The molecule has 0 atom stereocenters. The number of pyridine rings is 1. The van der Waals surface area contributed by atoms with Gasteiger partial charge in [0.1, 0.15) is 11.6 Å². The second kappa shape index (κ2) is 7.09. The van der Waals surface area contributed by atoms with E-state index in [4.69, 9.17) is 10.5 Å². The van der Waals surface area contributed by atoms with E-state index in [-0.39, 0.29) is 17.3 Å². The molecule has 0 aliphatic rings. The van der Waals surface area contributed by atoms with E-state index in [0.717, 1.165) is 5.75 Å². The van der Waals surface area contributed by atoms with Gasteiger partial charge < -0.3 is 15.8 Å². The van der Waals surface area contributed by atoms with E-state index in [9.17, 15) is 10.1 Å². The Bertz CT molecular complexity index is 604. The van der Waals surface area contributed by atoms with Crippen molar-refractivity contribution in [2.24, 2.45) is 0 Å². The maximum Gasteiger partial charge on any atom is 0.311 e. The highest BCUT2D eigenvalue weighted by molar-refractivity contribution is 5.59. The van der Waals surface area contributed by atoms with Gasteiger partial charge in [-0.15, -0.1) is 0 Å². The number of ether oxygens (including phenoxy) is 1. The number of nitrogen functional groups attached to an aromatic ring is 1. The van der Waals surface area contributed by atoms with E-state index in [1.165, 1.54) is 12.1 Å². The maximum absolute atomic E-state index is 10.9. The summed E-state index contributed by atoms with van der Waals surface area (Å²) in [7, 11) is 0. The lowest BCUT2D eigenvalue weighted by molar-refractivity contribution is -0.384. The largest absolute Gasteiger partial charge is 0.494 e. The van der Waals surface area contributed by atoms with Crippen molar-refractivity contribution in [2.75, 3.05) is 24.2 Å². The first-order chi connectivity index (χ1) is 10.2. The first kappa shape index (κ1) is 14.6. The van der Waals surface area contributed by atoms with Crippen molar-refractivity contribution >= 4 is 17.3 Å². The van der Waals surface area contributed by atoms with Gasteiger partial charge in [-0.3, -0.25) is 10.1 Å². The summed E-state index contributed by atoms with van der Waals surface area (Å²) in [6.07, 6.45) is 0.683. The molecule has 7 nitrogen and oxygen atoms in total. The zero-order valence-corrected chi connectivity index (χ0v) is 11.4. The quantitative estimate of drug-likeness (QED) is 0.461. The molecular weight excluding hydrogens is 272 g/mol. The molecule has 3 N–H and O–H groups in total. The summed E-state index contributed by atoms with van der Waals surface area (Å²) in [6.45, 7) is 1.01. The van der Waals surface area contributed by atoms with Crippen LogP contribution in [-0.2, 0) is 0 Å². The molecule has 0 bridgehead atoms. The molecule has 0 aliphatic heterocycles. The van der Waals surface area contributed by atoms with Crippen LogP contribution in [-0.4, -0.2) is 23.1 Å². The van der Waals surface area contributed by atoms with Gasteiger partial charge in [0, 0.05) is 12.6 Å². The van der Waals surface area contributed by atoms with Gasteiger partial charge in [-0.2, -0.15) is 0 Å². The molecule has 0 spiro atoms. The molecule has 2 rings (SSSR count). The number of rotatable bonds is 7. The predicted octanol–water partition coefficient (Wildman–Crippen LogP) is 2.45. The summed E-state index contributed by atoms with van der Waals surface area (Å²) in [4.78, 5) is 14.3. The van der Waals surface area contributed by atoms with Crippen LogP contribution in [0.25, 0.3) is 0 Å². The molecule has 0 unspecified atom stereocenters. The van der Waals surface area contributed by atoms with E-state index in [1.54, 1.807) is 0 Å². The Morgan fingerprint density at radius 3 is 2.71 bits per heavy atom. The van der Waals surface area contributed by atoms with Gasteiger partial charge in [-0.25, -0.2) is 4.98 Å². The van der Waals surface area contributed by atoms with Crippen molar-refractivity contribution in [2.45, 2.75) is 6.42 Å². The van der Waals surface area contributed by atoms with E-state index in [2.05, 4.69) is 10.3 Å². The highest BCUT2D eigenvalue weighted by Gasteiger charge is 2.14. The molecule has 0 aliphatic carbocycles. The van der Waals surface area contributed by atoms with Gasteiger partial charge in [-0.1, -0.05) is 18.2 Å². The van der Waals surface area contributed by atoms with E-state index < -0.39 is 4.92 Å². The normalized spacial score (nSPS) is 10.1. The van der Waals surface area contributed by atoms with Crippen molar-refractivity contribution in [1.29, 1.82) is 0 Å². The van der Waals surface area contributed by atoms with Crippen LogP contribution in [0.3, 0.4) is 0 Å². The Labute approximate surface area is 121 Å². The van der Waals surface area contributed by atoms with Crippen LogP contribution in [0.1, 0.15) is 6.42 Å². The Hall–Kier alpha value is -2.83. The van der Waals surface area contributed by atoms with Gasteiger partial charge in [0.25, 0.3) is 0 Å². The molecule has 0 amide bonds. The van der Waals surface area contributed by atoms with Crippen LogP contribution >= 0.6 is 0 Å². The minimum absolute atomic E-state index is 0.0897. The van der Waals surface area contributed by atoms with Crippen LogP contribution in [0, 0.1) is 10.1 Å². The van der Waals surface area contributed by atoms with Crippen molar-refractivity contribution in [1.82, 2.24) is 4.98 Å². The zero-order valence-electron chi connectivity index (χ0n) is 11.4. The minimum atomic E-state index is -0.491. The van der Waals surface area contributed by atoms with Crippen molar-refractivity contribution in [3.8, 4) is 5.75 Å². The summed E-state index contributed by atoms with van der Waals surface area (Å²) in [5, 5.41) is 13.8. The maximum atomic E-state index is 10.9. The van der Waals surface area contributed by atoms with E-state index in [0.29, 0.717) is 19.6 Å². The average molecular weight is 288 g/mol. The van der Waals surface area contributed by atoms with Gasteiger partial charge in [0.2, 0.25) is 5.82 Å². The Morgan fingerprint density at radius 1 is 1.24 bits per heavy atom. The van der Waals surface area contributed by atoms with Crippen molar-refractivity contribution < 1.29 is 9.66 Å². The predicted molar refractivity (Wildman–Crippen MR) is 80.3 cm³/mol. The number of para-hydroxylation sites is 1. The highest BCUT2D eigenvalue weighted by atomic mass is 16.6. The molecule has 2 aromatic rings. The second-order valence-electron chi connectivity index (χ2n) is 4.30. The lowest BCUT2D eigenvalue weighted by Gasteiger charge is -2.08. The second-order valence-corrected chi connectivity index (χ2v) is 4.30. The number of anilines is 2. The summed E-state index contributed by atoms with van der Waals surface area (Å²) in [5.74, 6) is 1.22. The highest BCUT2D eigenvalue weighted by Crippen LogP contribution is 2.22. The molecular formula is C14H16N4O3. The minimum Gasteiger partial charge on any atom is -0.494 e. The first-order valence-corrected chi connectivity index (χ1v) is 6.49. The topological polar surface area (TPSA) is 103 Å². The number of benzene rings is 1. The number of nitro groups is 1. The monoisotopic (exact) mass is 288 g/mol. The SMILES string of the molecule is Nc1ccc([N+](=O)[O-])c(NCCCOc2ccccc2)n1. The third-order valence-corrected chi connectivity index (χ3v) is 2.72. The third-order valence-electron chi connectivity index (χ3n) is 2.72. The number of aromatic nitrogens is 1. The zero-order chi connectivity index (χ0) is 15.1. The van der Waals surface area contributed by atoms with Gasteiger partial charge in [0.15, 0.2) is 0 Å². The molecule has 1 aromatic carbocycles. The molecule has 21 heavy (non-hydrogen) atoms. The van der Waals surface area contributed by atoms with Crippen LogP contribution in [0.4, 0.5) is 17.3 Å². The van der Waals surface area contributed by atoms with Crippen molar-refractivity contribution in [3.63, 3.8) is 0 Å². The Balaban J connectivity index is 1.81. The van der Waals surface area contributed by atoms with Gasteiger partial charge in [-0.05, 0) is 24.6 Å². The van der Waals surface area contributed by atoms with Crippen LogP contribution in [0.5, 0.6) is 5.75 Å². The first-order valence-electron chi connectivity index (χ1n) is 6.49. The summed E-state index contributed by atoms with van der Waals surface area (Å²) < 4.78 is 5.53. The van der Waals surface area contributed by atoms with Crippen LogP contribution in [0.2, 0.25) is 0 Å². The number of nitrogens with one attached hydrogen (secondary N) is 1. The molecule has 0 radical (unpaired) electrons. The lowest BCUT2D eigenvalue weighted by Crippen LogP contribution is -2.10. The molecule has 0 saturated heterocycles. The molecule has 0 fully saturated rings. The average Bonchev–Trinajstić information content (AvgIpc) is 2.48. The van der Waals surface area contributed by atoms with Gasteiger partial charge >= 0.3 is 5.69 Å². The smallest absolute Gasteiger partial charge is 0.311 e. The van der Waals surface area contributed by atoms with E-state index in [1.807, 2.05) is 30.3 Å². The summed E-state index contributed by atoms with van der Waals surface area (Å²) >= 11 is 0. The fourth-order valence-corrected chi connectivity index (χ4v) is 1.73. The molecule has 1 aromatic heterocycles. The number of nitrogens with zero attached hydrogens (tertiary/aromatic N) is 2. The summed E-state index contributed by atoms with van der Waals surface area (Å²) in [6, 6.07) is 12.2. The fourth-order valence-electron chi connectivity index (χ4n) is 1.73. The standard InChI is InChI=1S/C14H16N4O3/c15-13-8-7-12(18(19)20)14(17-13)16-9-4-10-21-11-5-2-1-3-6-11/h1-3,5-8H,4,9-10H2,(H3,15,16,17). The Kier molecular flexibility index (Phi) is 4.92. The van der Waals surface area contributed by atoms with Crippen molar-refractivity contribution in [3.05, 3.63) is 52.6 Å². The Morgan fingerprint density at radius 2 is 2.00 bits per heavy atom. The lowest BCUT2D eigenvalue weighted by atomic mass is 10.3. The van der Waals surface area contributed by atoms with Crippen LogP contribution in [0.15, 0.2) is 42.5 Å². The molecule has 7 heteroatoms. The number of hydrogen-bond donors (Lipinski definition) is 2. The number of hydrogen-bond acceptors (Lipinski definition) is 6. The molecule has 110 valence electrons. The number of nitrogens with two attached hydrogens (primary N) is 1. The van der Waals surface area contributed by atoms with Gasteiger partial charge in [0.05, 0.1) is 11.5 Å².